The van der Waals surface area contributed by atoms with Crippen LogP contribution in [0, 0.1) is 11.3 Å². The first-order valence-electron chi connectivity index (χ1n) is 7.17. The van der Waals surface area contributed by atoms with Gasteiger partial charge in [-0.1, -0.05) is 31.5 Å². The molecule has 1 atom stereocenters. The molecule has 19 heavy (non-hydrogen) atoms. The van der Waals surface area contributed by atoms with Gasteiger partial charge in [0, 0.05) is 10.4 Å². The fourth-order valence-electron chi connectivity index (χ4n) is 4.07. The molecule has 1 aromatic rings. The summed E-state index contributed by atoms with van der Waals surface area (Å²) in [5.41, 5.74) is 1.49. The summed E-state index contributed by atoms with van der Waals surface area (Å²) in [6.45, 7) is 6.38. The van der Waals surface area contributed by atoms with Crippen LogP contribution in [0.3, 0.4) is 0 Å². The second-order valence-corrected chi connectivity index (χ2v) is 7.09. The molecule has 0 bridgehead atoms. The van der Waals surface area contributed by atoms with E-state index >= 15 is 0 Å². The van der Waals surface area contributed by atoms with E-state index in [1.54, 1.807) is 0 Å². The molecule has 1 heterocycles. The van der Waals surface area contributed by atoms with E-state index in [-0.39, 0.29) is 5.41 Å². The van der Waals surface area contributed by atoms with Gasteiger partial charge in [0.05, 0.1) is 5.60 Å². The summed E-state index contributed by atoms with van der Waals surface area (Å²) in [6, 6.07) is 5.97. The van der Waals surface area contributed by atoms with Gasteiger partial charge in [-0.15, -0.1) is 0 Å². The molecule has 0 radical (unpaired) electrons. The van der Waals surface area contributed by atoms with Crippen LogP contribution in [-0.2, 0) is 12.0 Å². The van der Waals surface area contributed by atoms with Gasteiger partial charge in [-0.05, 0) is 61.5 Å². The molecule has 2 aliphatic rings. The minimum absolute atomic E-state index is 0.123. The van der Waals surface area contributed by atoms with Gasteiger partial charge in [0.2, 0.25) is 0 Å². The minimum Gasteiger partial charge on any atom is -0.384 e. The third-order valence-corrected chi connectivity index (χ3v) is 5.31. The summed E-state index contributed by atoms with van der Waals surface area (Å²) in [5.74, 6) is 0.339. The molecule has 1 fully saturated rings. The van der Waals surface area contributed by atoms with Gasteiger partial charge < -0.3 is 10.4 Å². The number of hydrogen-bond acceptors (Lipinski definition) is 2. The second kappa shape index (κ2) is 4.47. The van der Waals surface area contributed by atoms with E-state index in [9.17, 15) is 5.11 Å². The Kier molecular flexibility index (Phi) is 3.16. The van der Waals surface area contributed by atoms with Crippen LogP contribution in [0.1, 0.15) is 37.8 Å². The highest BCUT2D eigenvalue weighted by Crippen LogP contribution is 2.56. The molecule has 3 heteroatoms. The number of nitrogens with one attached hydrogen (secondary N) is 1. The molecule has 0 saturated carbocycles. The Bertz CT molecular complexity index is 494. The highest BCUT2D eigenvalue weighted by molar-refractivity contribution is 6.30. The Labute approximate surface area is 120 Å². The lowest BCUT2D eigenvalue weighted by molar-refractivity contribution is -0.115. The van der Waals surface area contributed by atoms with E-state index in [1.165, 1.54) is 5.56 Å². The van der Waals surface area contributed by atoms with Gasteiger partial charge in [-0.3, -0.25) is 0 Å². The predicted molar refractivity (Wildman–Crippen MR) is 78.4 cm³/mol. The summed E-state index contributed by atoms with van der Waals surface area (Å²) in [4.78, 5) is 0. The van der Waals surface area contributed by atoms with Crippen molar-refractivity contribution >= 4 is 11.6 Å². The summed E-state index contributed by atoms with van der Waals surface area (Å²) in [5, 5.41) is 15.7. The van der Waals surface area contributed by atoms with Crippen LogP contribution in [-0.4, -0.2) is 18.2 Å². The molecule has 0 amide bonds. The second-order valence-electron chi connectivity index (χ2n) is 6.65. The van der Waals surface area contributed by atoms with Crippen LogP contribution in [0.2, 0.25) is 5.02 Å². The van der Waals surface area contributed by atoms with Crippen molar-refractivity contribution in [2.24, 2.45) is 11.3 Å². The molecule has 1 unspecified atom stereocenters. The molecule has 2 nitrogen and oxygen atoms in total. The Morgan fingerprint density at radius 1 is 1.26 bits per heavy atom. The van der Waals surface area contributed by atoms with Crippen molar-refractivity contribution < 1.29 is 5.11 Å². The normalized spacial score (nSPS) is 30.3. The zero-order chi connectivity index (χ0) is 13.7. The van der Waals surface area contributed by atoms with Gasteiger partial charge in [0.15, 0.2) is 0 Å². The third kappa shape index (κ3) is 1.93. The van der Waals surface area contributed by atoms with Crippen LogP contribution in [0.25, 0.3) is 0 Å². The van der Waals surface area contributed by atoms with Crippen molar-refractivity contribution in [3.8, 4) is 0 Å². The molecule has 104 valence electrons. The van der Waals surface area contributed by atoms with Crippen LogP contribution in [0.5, 0.6) is 0 Å². The Morgan fingerprint density at radius 3 is 2.63 bits per heavy atom. The fraction of sp³-hybridized carbons (Fsp3) is 0.625. The largest absolute Gasteiger partial charge is 0.384 e. The zero-order valence-corrected chi connectivity index (χ0v) is 12.4. The van der Waals surface area contributed by atoms with Crippen LogP contribution < -0.4 is 5.32 Å². The van der Waals surface area contributed by atoms with E-state index in [0.717, 1.165) is 42.9 Å². The molecule has 0 aromatic heterocycles. The topological polar surface area (TPSA) is 32.3 Å². The van der Waals surface area contributed by atoms with Gasteiger partial charge in [0.1, 0.15) is 0 Å². The van der Waals surface area contributed by atoms with E-state index in [2.05, 4.69) is 19.2 Å². The van der Waals surface area contributed by atoms with Crippen molar-refractivity contribution in [1.82, 2.24) is 5.32 Å². The van der Waals surface area contributed by atoms with Crippen molar-refractivity contribution in [1.29, 1.82) is 0 Å². The summed E-state index contributed by atoms with van der Waals surface area (Å²) < 4.78 is 0. The SMILES string of the molecule is CC1(C)Cc2cc(Cl)ccc2C1(O)C1CCNCC1. The molecular weight excluding hydrogens is 258 g/mol. The Morgan fingerprint density at radius 2 is 1.95 bits per heavy atom. The molecule has 0 spiro atoms. The lowest BCUT2D eigenvalue weighted by Crippen LogP contribution is -2.48. The average molecular weight is 280 g/mol. The Hall–Kier alpha value is -0.570. The number of hydrogen-bond donors (Lipinski definition) is 2. The zero-order valence-electron chi connectivity index (χ0n) is 11.7. The standard InChI is InChI=1S/C16H22ClNO/c1-15(2)10-11-9-13(17)3-4-14(11)16(15,19)12-5-7-18-8-6-12/h3-4,9,12,18-19H,5-8,10H2,1-2H3. The summed E-state index contributed by atoms with van der Waals surface area (Å²) >= 11 is 6.10. The predicted octanol–water partition coefficient (Wildman–Crippen LogP) is 3.11. The van der Waals surface area contributed by atoms with E-state index < -0.39 is 5.60 Å². The smallest absolute Gasteiger partial charge is 0.0981 e. The number of fused-ring (bicyclic) bond motifs is 1. The molecule has 1 saturated heterocycles. The van der Waals surface area contributed by atoms with Gasteiger partial charge in [-0.2, -0.15) is 0 Å². The number of piperidine rings is 1. The lowest BCUT2D eigenvalue weighted by atomic mass is 9.65. The van der Waals surface area contributed by atoms with Crippen molar-refractivity contribution in [2.75, 3.05) is 13.1 Å². The summed E-state index contributed by atoms with van der Waals surface area (Å²) in [6.07, 6.45) is 2.99. The molecule has 2 N–H and O–H groups in total. The quantitative estimate of drug-likeness (QED) is 0.828. The van der Waals surface area contributed by atoms with Crippen molar-refractivity contribution in [3.05, 3.63) is 34.3 Å². The van der Waals surface area contributed by atoms with E-state index in [1.807, 2.05) is 18.2 Å². The molecule has 1 aromatic carbocycles. The molecule has 1 aliphatic heterocycles. The number of halogens is 1. The minimum atomic E-state index is -0.713. The number of rotatable bonds is 1. The fourth-order valence-corrected chi connectivity index (χ4v) is 4.26. The maximum absolute atomic E-state index is 11.5. The molecule has 3 rings (SSSR count). The number of benzene rings is 1. The third-order valence-electron chi connectivity index (χ3n) is 5.07. The van der Waals surface area contributed by atoms with Crippen LogP contribution >= 0.6 is 11.6 Å². The summed E-state index contributed by atoms with van der Waals surface area (Å²) in [7, 11) is 0. The van der Waals surface area contributed by atoms with Crippen molar-refractivity contribution in [2.45, 2.75) is 38.7 Å². The Balaban J connectivity index is 2.08. The van der Waals surface area contributed by atoms with Crippen LogP contribution in [0.4, 0.5) is 0 Å². The van der Waals surface area contributed by atoms with Crippen molar-refractivity contribution in [3.63, 3.8) is 0 Å². The van der Waals surface area contributed by atoms with Crippen LogP contribution in [0.15, 0.2) is 18.2 Å². The average Bonchev–Trinajstić information content (AvgIpc) is 2.58. The van der Waals surface area contributed by atoms with Gasteiger partial charge in [-0.25, -0.2) is 0 Å². The van der Waals surface area contributed by atoms with E-state index in [4.69, 9.17) is 11.6 Å². The first-order valence-corrected chi connectivity index (χ1v) is 7.55. The highest BCUT2D eigenvalue weighted by atomic mass is 35.5. The molecular formula is C16H22ClNO. The van der Waals surface area contributed by atoms with Gasteiger partial charge >= 0.3 is 0 Å². The first-order chi connectivity index (χ1) is 8.95. The lowest BCUT2D eigenvalue weighted by Gasteiger charge is -2.45. The maximum atomic E-state index is 11.5. The first kappa shape index (κ1) is 13.4. The highest BCUT2D eigenvalue weighted by Gasteiger charge is 2.55. The molecule has 1 aliphatic carbocycles. The van der Waals surface area contributed by atoms with Gasteiger partial charge in [0.25, 0.3) is 0 Å². The maximum Gasteiger partial charge on any atom is 0.0981 e. The van der Waals surface area contributed by atoms with E-state index in [0.29, 0.717) is 5.92 Å². The monoisotopic (exact) mass is 279 g/mol. The number of aliphatic hydroxyl groups is 1.